The zero-order chi connectivity index (χ0) is 42.7. The number of hydrogen-bond donors (Lipinski definition) is 1. The van der Waals surface area contributed by atoms with E-state index in [1.54, 1.807) is 37.2 Å². The molecule has 3 aromatic carbocycles. The number of aliphatic hydroxyl groups excluding tert-OH is 1. The average molecular weight is 996 g/mol. The molecule has 9 rings (SSSR count). The van der Waals surface area contributed by atoms with E-state index in [2.05, 4.69) is 103 Å². The Kier molecular flexibility index (Phi) is 29.6. The van der Waals surface area contributed by atoms with E-state index in [-0.39, 0.29) is 56.0 Å². The maximum atomic E-state index is 9.58. The quantitative estimate of drug-likeness (QED) is 0.111. The molecule has 9 aromatic rings. The van der Waals surface area contributed by atoms with Gasteiger partial charge in [0.05, 0.1) is 55.3 Å². The van der Waals surface area contributed by atoms with Gasteiger partial charge in [0.25, 0.3) is 0 Å². The number of pyridine rings is 6. The topological polar surface area (TPSA) is 436 Å². The second-order valence-electron chi connectivity index (χ2n) is 11.5. The third-order valence-electron chi connectivity index (χ3n) is 7.67. The van der Waals surface area contributed by atoms with Gasteiger partial charge in [0.1, 0.15) is 0 Å². The monoisotopic (exact) mass is 994 g/mol. The molecule has 0 aliphatic carbocycles. The minimum Gasteiger partial charge on any atom is -0.550 e. The average Bonchev–Trinajstić information content (AvgIpc) is 3.23. The Balaban J connectivity index is -0.000000733. The fourth-order valence-electron chi connectivity index (χ4n) is 5.28. The van der Waals surface area contributed by atoms with Gasteiger partial charge in [-0.25, -0.2) is 0 Å². The van der Waals surface area contributed by atoms with Crippen molar-refractivity contribution in [1.82, 2.24) is 29.9 Å². The molecule has 1 atom stereocenters. The van der Waals surface area contributed by atoms with E-state index < -0.39 is 34.6 Å². The Hall–Kier alpha value is -7.70. The van der Waals surface area contributed by atoms with Gasteiger partial charge in [0.15, 0.2) is 0 Å². The summed E-state index contributed by atoms with van der Waals surface area (Å²) in [6.45, 7) is 0. The number of aliphatic hydroxyl groups is 1. The number of nitrogens with zero attached hydrogens (tertiary/aromatic N) is 8. The van der Waals surface area contributed by atoms with Gasteiger partial charge in [-0.3, -0.25) is 29.9 Å². The Morgan fingerprint density at radius 3 is 0.723 bits per heavy atom. The van der Waals surface area contributed by atoms with Crippen LogP contribution in [0.4, 0.5) is 0 Å². The van der Waals surface area contributed by atoms with Crippen LogP contribution in [-0.2, 0) is 43.7 Å². The van der Waals surface area contributed by atoms with Crippen molar-refractivity contribution in [3.8, 4) is 0 Å². The summed E-state index contributed by atoms with van der Waals surface area (Å²) in [6.07, 6.45) is 7.92. The predicted octanol–water partition coefficient (Wildman–Crippen LogP) is 0.804. The summed E-state index contributed by atoms with van der Waals surface area (Å²) < 4.78 is 0. The number of benzene rings is 3. The normalized spacial score (nSPS) is 9.49. The summed E-state index contributed by atoms with van der Waals surface area (Å²) in [4.78, 5) is 61.7. The summed E-state index contributed by atoms with van der Waals surface area (Å²) >= 11 is 0. The van der Waals surface area contributed by atoms with Crippen LogP contribution in [0.1, 0.15) is 6.42 Å². The fourth-order valence-corrected chi connectivity index (χ4v) is 5.28. The molecule has 65 heavy (non-hydrogen) atoms. The zero-order valence-electron chi connectivity index (χ0n) is 32.9. The van der Waals surface area contributed by atoms with Crippen LogP contribution in [0.15, 0.2) is 146 Å². The van der Waals surface area contributed by atoms with E-state index >= 15 is 0 Å². The summed E-state index contributed by atoms with van der Waals surface area (Å²) in [7, 11) is 0. The van der Waals surface area contributed by atoms with Crippen LogP contribution in [0.5, 0.6) is 0 Å². The maximum Gasteiger partial charge on any atom is 2.00 e. The van der Waals surface area contributed by atoms with Gasteiger partial charge in [0, 0.05) is 81.9 Å². The summed E-state index contributed by atoms with van der Waals surface area (Å²) in [5.74, 6) is -3.43. The van der Waals surface area contributed by atoms with Crippen molar-refractivity contribution in [2.75, 3.05) is 0 Å². The first-order valence-corrected chi connectivity index (χ1v) is 16.8. The summed E-state index contributed by atoms with van der Waals surface area (Å²) in [5.41, 5.74) is 5.86. The molecule has 0 aliphatic rings. The Morgan fingerprint density at radius 1 is 0.431 bits per heavy atom. The van der Waals surface area contributed by atoms with Crippen LogP contribution in [0.3, 0.4) is 0 Å². The number of carboxylic acids is 2. The number of aliphatic carboxylic acids is 2. The third kappa shape index (κ3) is 19.1. The molecule has 0 spiro atoms. The van der Waals surface area contributed by atoms with Crippen molar-refractivity contribution in [2.24, 2.45) is 0 Å². The van der Waals surface area contributed by atoms with Crippen LogP contribution < -0.4 is 10.2 Å². The van der Waals surface area contributed by atoms with Crippen molar-refractivity contribution in [3.63, 3.8) is 0 Å². The number of hydrogen-bond acceptors (Lipinski definition) is 17. The van der Waals surface area contributed by atoms with Gasteiger partial charge in [0.2, 0.25) is 0 Å². The molecule has 9 N–H and O–H groups in total. The molecule has 23 nitrogen and oxygen atoms in total. The molecule has 0 fully saturated rings. The number of carbonyl (C=O) groups is 2. The van der Waals surface area contributed by atoms with Gasteiger partial charge in [-0.15, -0.1) is 0 Å². The SMILES string of the molecule is O.O.O.O.O=C([O-])C[C@H](O)C(=O)[O-].O=[N+]([O-])[O-].O=[N+]([O-])[O-].[Cu+2].[Cu+2].c1cnc2c(c1)ccc1cccnc12.c1cnc2c(c1)ccc1cccnc12.c1cnc2c(c1)ccc1cccnc12. The molecular formula is C40H36Cu2N8O15. The first-order valence-electron chi connectivity index (χ1n) is 16.8. The second kappa shape index (κ2) is 31.2. The van der Waals surface area contributed by atoms with Crippen molar-refractivity contribution in [2.45, 2.75) is 12.5 Å². The van der Waals surface area contributed by atoms with Gasteiger partial charge >= 0.3 is 34.1 Å². The third-order valence-corrected chi connectivity index (χ3v) is 7.67. The first-order chi connectivity index (χ1) is 28.3. The van der Waals surface area contributed by atoms with E-state index in [4.69, 9.17) is 35.7 Å². The smallest absolute Gasteiger partial charge is 0.550 e. The minimum atomic E-state index is -1.96. The number of carbonyl (C=O) groups excluding carboxylic acids is 2. The molecular weight excluding hydrogens is 960 g/mol. The van der Waals surface area contributed by atoms with Crippen LogP contribution in [0.2, 0.25) is 0 Å². The van der Waals surface area contributed by atoms with Gasteiger partial charge in [-0.05, 0) is 36.4 Å². The van der Waals surface area contributed by atoms with Crippen LogP contribution in [-0.4, -0.2) is 85.1 Å². The summed E-state index contributed by atoms with van der Waals surface area (Å²) in [6, 6.07) is 36.4. The Labute approximate surface area is 386 Å². The molecule has 25 heteroatoms. The molecule has 0 unspecified atom stereocenters. The van der Waals surface area contributed by atoms with Crippen molar-refractivity contribution >= 4 is 77.4 Å². The van der Waals surface area contributed by atoms with E-state index in [1.165, 1.54) is 0 Å². The van der Waals surface area contributed by atoms with Gasteiger partial charge in [-0.2, -0.15) is 0 Å². The van der Waals surface area contributed by atoms with Crippen LogP contribution in [0, 0.1) is 30.6 Å². The van der Waals surface area contributed by atoms with E-state index in [1.807, 2.05) is 36.4 Å². The zero-order valence-corrected chi connectivity index (χ0v) is 34.7. The molecule has 6 aromatic heterocycles. The van der Waals surface area contributed by atoms with Gasteiger partial charge < -0.3 is 77.5 Å². The Morgan fingerprint density at radius 2 is 0.600 bits per heavy atom. The van der Waals surface area contributed by atoms with Crippen molar-refractivity contribution in [1.29, 1.82) is 0 Å². The summed E-state index contributed by atoms with van der Waals surface area (Å²) in [5, 5.41) is 63.7. The minimum absolute atomic E-state index is 0. The number of fused-ring (bicyclic) bond motifs is 9. The molecule has 2 radical (unpaired) electrons. The molecule has 0 saturated heterocycles. The molecule has 0 amide bonds. The number of rotatable bonds is 3. The molecule has 348 valence electrons. The fraction of sp³-hybridized carbons (Fsp3) is 0.0500. The molecule has 6 heterocycles. The molecule has 0 saturated carbocycles. The largest absolute Gasteiger partial charge is 2.00 e. The number of aromatic nitrogens is 6. The van der Waals surface area contributed by atoms with Crippen molar-refractivity contribution in [3.05, 3.63) is 177 Å². The van der Waals surface area contributed by atoms with E-state index in [9.17, 15) is 19.8 Å². The van der Waals surface area contributed by atoms with Gasteiger partial charge in [-0.1, -0.05) is 72.8 Å². The van der Waals surface area contributed by atoms with Crippen molar-refractivity contribution < 1.29 is 91.1 Å². The maximum absolute atomic E-state index is 9.58. The van der Waals surface area contributed by atoms with Crippen LogP contribution >= 0.6 is 0 Å². The van der Waals surface area contributed by atoms with E-state index in [0.29, 0.717) is 0 Å². The second-order valence-corrected chi connectivity index (χ2v) is 11.5. The molecule has 0 aliphatic heterocycles. The Bertz CT molecular complexity index is 2440. The predicted molar refractivity (Wildman–Crippen MR) is 227 cm³/mol. The standard InChI is InChI=1S/3C12H8N2.C4H6O5.2Cu.2NO3.4H2O/c3*1-3-9-5-6-10-4-2-8-14-12(10)11(9)13-7-1;5-2(4(8)9)1-3(6)7;;;2*2-1(3)4;;;;/h3*1-8H;2,5H,1H2,(H,6,7)(H,8,9);;;;;4*1H2/q;;;;2*+2;2*-1;;;;/p-2/t;;;2-;;;;;;;;/m...0......../s1. The van der Waals surface area contributed by atoms with Crippen LogP contribution in [0.25, 0.3) is 65.4 Å². The van der Waals surface area contributed by atoms with E-state index in [0.717, 1.165) is 65.4 Å². The number of carboxylic acid groups (broad SMARTS) is 2. The molecule has 0 bridgehead atoms. The first kappa shape index (κ1) is 61.6.